The molecule has 29 heavy (non-hydrogen) atoms. The van der Waals surface area contributed by atoms with Gasteiger partial charge in [-0.15, -0.1) is 0 Å². The lowest BCUT2D eigenvalue weighted by molar-refractivity contribution is 0.100. The van der Waals surface area contributed by atoms with Crippen LogP contribution >= 0.6 is 27.5 Å². The molecule has 2 aromatic heterocycles. The van der Waals surface area contributed by atoms with Gasteiger partial charge in [-0.3, -0.25) is 4.79 Å². The number of nitrogens with one attached hydrogen (secondary N) is 1. The number of hydrogen-bond acceptors (Lipinski definition) is 4. The van der Waals surface area contributed by atoms with Crippen molar-refractivity contribution in [2.75, 3.05) is 5.73 Å². The smallest absolute Gasteiger partial charge is 0.249 e. The molecule has 0 bridgehead atoms. The van der Waals surface area contributed by atoms with Crippen molar-refractivity contribution in [2.24, 2.45) is 5.73 Å². The molecule has 4 rings (SSSR count). The molecule has 2 heterocycles. The second-order valence-corrected chi connectivity index (χ2v) is 7.48. The third-order valence-electron chi connectivity index (χ3n) is 4.47. The van der Waals surface area contributed by atoms with Crippen LogP contribution in [0.25, 0.3) is 33.8 Å². The number of rotatable bonds is 4. The van der Waals surface area contributed by atoms with E-state index < -0.39 is 5.91 Å². The SMILES string of the molecule is NC(=O)c1ccccc1-c1cc(-c2ccnc(N)n2)[nH]c1-c1cccc(Cl)c1Br. The van der Waals surface area contributed by atoms with Gasteiger partial charge in [0.1, 0.15) is 0 Å². The second kappa shape index (κ2) is 7.69. The van der Waals surface area contributed by atoms with Crippen LogP contribution in [0.1, 0.15) is 10.4 Å². The Labute approximate surface area is 180 Å². The molecule has 0 radical (unpaired) electrons. The monoisotopic (exact) mass is 467 g/mol. The lowest BCUT2D eigenvalue weighted by Crippen LogP contribution is -2.12. The van der Waals surface area contributed by atoms with E-state index in [1.165, 1.54) is 0 Å². The molecule has 6 nitrogen and oxygen atoms in total. The van der Waals surface area contributed by atoms with E-state index in [1.807, 2.05) is 30.3 Å². The Kier molecular flexibility index (Phi) is 5.08. The number of H-pyrrole nitrogens is 1. The number of primary amides is 1. The van der Waals surface area contributed by atoms with Crippen molar-refractivity contribution in [2.45, 2.75) is 0 Å². The van der Waals surface area contributed by atoms with Crippen molar-refractivity contribution in [3.63, 3.8) is 0 Å². The van der Waals surface area contributed by atoms with E-state index in [1.54, 1.807) is 30.5 Å². The Morgan fingerprint density at radius 3 is 2.55 bits per heavy atom. The number of amides is 1. The van der Waals surface area contributed by atoms with Gasteiger partial charge in [0.25, 0.3) is 0 Å². The molecule has 5 N–H and O–H groups in total. The number of halogens is 2. The first-order chi connectivity index (χ1) is 14.0. The minimum Gasteiger partial charge on any atom is -0.368 e. The molecule has 0 spiro atoms. The molecular formula is C21H15BrClN5O. The maximum atomic E-state index is 12.0. The molecule has 0 saturated carbocycles. The molecule has 1 amide bonds. The predicted octanol–water partition coefficient (Wildman–Crippen LogP) is 4.90. The van der Waals surface area contributed by atoms with Crippen molar-refractivity contribution < 1.29 is 4.79 Å². The van der Waals surface area contributed by atoms with Crippen LogP contribution in [-0.4, -0.2) is 20.9 Å². The summed E-state index contributed by atoms with van der Waals surface area (Å²) in [6, 6.07) is 16.4. The fourth-order valence-corrected chi connectivity index (χ4v) is 3.81. The van der Waals surface area contributed by atoms with Gasteiger partial charge in [-0.2, -0.15) is 0 Å². The van der Waals surface area contributed by atoms with Crippen molar-refractivity contribution in [1.82, 2.24) is 15.0 Å². The van der Waals surface area contributed by atoms with Crippen LogP contribution in [0, 0.1) is 0 Å². The van der Waals surface area contributed by atoms with Crippen LogP contribution < -0.4 is 11.5 Å². The number of nitrogen functional groups attached to an aromatic ring is 1. The number of nitrogens with zero attached hydrogens (tertiary/aromatic N) is 2. The quantitative estimate of drug-likeness (QED) is 0.395. The summed E-state index contributed by atoms with van der Waals surface area (Å²) in [4.78, 5) is 23.6. The van der Waals surface area contributed by atoms with Gasteiger partial charge in [-0.05, 0) is 45.8 Å². The van der Waals surface area contributed by atoms with E-state index in [0.717, 1.165) is 27.0 Å². The van der Waals surface area contributed by atoms with E-state index in [-0.39, 0.29) is 5.95 Å². The summed E-state index contributed by atoms with van der Waals surface area (Å²) in [6.45, 7) is 0. The first-order valence-corrected chi connectivity index (χ1v) is 9.78. The zero-order valence-corrected chi connectivity index (χ0v) is 17.3. The highest BCUT2D eigenvalue weighted by atomic mass is 79.9. The van der Waals surface area contributed by atoms with Crippen LogP contribution in [0.15, 0.2) is 65.3 Å². The zero-order chi connectivity index (χ0) is 20.5. The number of hydrogen-bond donors (Lipinski definition) is 3. The number of carbonyl (C=O) groups excluding carboxylic acids is 1. The van der Waals surface area contributed by atoms with Crippen molar-refractivity contribution in [3.8, 4) is 33.8 Å². The first kappa shape index (κ1) is 19.2. The Morgan fingerprint density at radius 1 is 1.03 bits per heavy atom. The third kappa shape index (κ3) is 3.62. The van der Waals surface area contributed by atoms with Crippen molar-refractivity contribution in [1.29, 1.82) is 0 Å². The molecule has 0 fully saturated rings. The highest BCUT2D eigenvalue weighted by molar-refractivity contribution is 9.10. The Balaban J connectivity index is 2.02. The van der Waals surface area contributed by atoms with Crippen molar-refractivity contribution in [3.05, 3.63) is 75.9 Å². The number of nitrogens with two attached hydrogens (primary N) is 2. The molecule has 4 aromatic rings. The molecule has 0 aliphatic carbocycles. The van der Waals surface area contributed by atoms with E-state index in [4.69, 9.17) is 23.1 Å². The standard InChI is InChI=1S/C21H15BrClN5O/c22-18-13(6-3-7-15(18)23)19-14(11-4-1-2-5-12(11)20(24)29)10-17(27-19)16-8-9-26-21(25)28-16/h1-10,27H,(H2,24,29)(H2,25,26,28). The molecule has 0 atom stereocenters. The third-order valence-corrected chi connectivity index (χ3v) is 5.87. The molecule has 144 valence electrons. The lowest BCUT2D eigenvalue weighted by atomic mass is 9.96. The van der Waals surface area contributed by atoms with Gasteiger partial charge >= 0.3 is 0 Å². The van der Waals surface area contributed by atoms with Gasteiger partial charge in [-0.25, -0.2) is 9.97 Å². The van der Waals surface area contributed by atoms with Crippen molar-refractivity contribution >= 4 is 39.4 Å². The van der Waals surface area contributed by atoms with E-state index in [9.17, 15) is 4.79 Å². The largest absolute Gasteiger partial charge is 0.368 e. The summed E-state index contributed by atoms with van der Waals surface area (Å²) < 4.78 is 0.732. The minimum atomic E-state index is -0.509. The molecule has 8 heteroatoms. The van der Waals surface area contributed by atoms with Crippen LogP contribution in [0.4, 0.5) is 5.95 Å². The summed E-state index contributed by atoms with van der Waals surface area (Å²) in [5.74, 6) is -0.340. The zero-order valence-electron chi connectivity index (χ0n) is 15.0. The number of aromatic amines is 1. The first-order valence-electron chi connectivity index (χ1n) is 8.61. The van der Waals surface area contributed by atoms with Gasteiger partial charge in [0.15, 0.2) is 0 Å². The van der Waals surface area contributed by atoms with Crippen LogP contribution in [0.2, 0.25) is 5.02 Å². The highest BCUT2D eigenvalue weighted by Crippen LogP contribution is 2.41. The van der Waals surface area contributed by atoms with Gasteiger partial charge in [0.2, 0.25) is 11.9 Å². The number of anilines is 1. The Bertz CT molecular complexity index is 1240. The minimum absolute atomic E-state index is 0.168. The summed E-state index contributed by atoms with van der Waals surface area (Å²) in [7, 11) is 0. The average molecular weight is 469 g/mol. The van der Waals surface area contributed by atoms with Crippen LogP contribution in [0.5, 0.6) is 0 Å². The van der Waals surface area contributed by atoms with Gasteiger partial charge in [-0.1, -0.05) is 41.9 Å². The summed E-state index contributed by atoms with van der Waals surface area (Å²) in [6.07, 6.45) is 1.59. The molecule has 0 saturated heterocycles. The van der Waals surface area contributed by atoms with E-state index in [0.29, 0.717) is 21.8 Å². The fraction of sp³-hybridized carbons (Fsp3) is 0. The van der Waals surface area contributed by atoms with E-state index in [2.05, 4.69) is 30.9 Å². The Morgan fingerprint density at radius 2 is 1.79 bits per heavy atom. The number of aromatic nitrogens is 3. The molecule has 0 unspecified atom stereocenters. The summed E-state index contributed by atoms with van der Waals surface area (Å²) in [5.41, 5.74) is 16.2. The normalized spacial score (nSPS) is 10.8. The molecule has 0 aliphatic rings. The molecular weight excluding hydrogens is 454 g/mol. The van der Waals surface area contributed by atoms with Gasteiger partial charge in [0, 0.05) is 27.4 Å². The van der Waals surface area contributed by atoms with Gasteiger partial charge in [0.05, 0.1) is 22.1 Å². The summed E-state index contributed by atoms with van der Waals surface area (Å²) in [5, 5.41) is 0.569. The number of benzene rings is 2. The topological polar surface area (TPSA) is 111 Å². The fourth-order valence-electron chi connectivity index (χ4n) is 3.17. The maximum Gasteiger partial charge on any atom is 0.249 e. The van der Waals surface area contributed by atoms with Crippen LogP contribution in [0.3, 0.4) is 0 Å². The van der Waals surface area contributed by atoms with E-state index >= 15 is 0 Å². The summed E-state index contributed by atoms with van der Waals surface area (Å²) >= 11 is 9.88. The Hall–Kier alpha value is -3.16. The maximum absolute atomic E-state index is 12.0. The second-order valence-electron chi connectivity index (χ2n) is 6.28. The van der Waals surface area contributed by atoms with Crippen LogP contribution in [-0.2, 0) is 0 Å². The lowest BCUT2D eigenvalue weighted by Gasteiger charge is -2.10. The average Bonchev–Trinajstić information content (AvgIpc) is 3.15. The molecule has 0 aliphatic heterocycles. The predicted molar refractivity (Wildman–Crippen MR) is 118 cm³/mol. The number of carbonyl (C=O) groups is 1. The van der Waals surface area contributed by atoms with Gasteiger partial charge < -0.3 is 16.5 Å². The highest BCUT2D eigenvalue weighted by Gasteiger charge is 2.20. The molecule has 2 aromatic carbocycles.